The van der Waals surface area contributed by atoms with Gasteiger partial charge >= 0.3 is 0 Å². The number of carbonyl (C=O) groups is 1. The average Bonchev–Trinajstić information content (AvgIpc) is 2.63. The Labute approximate surface area is 154 Å². The van der Waals surface area contributed by atoms with Crippen LogP contribution in [-0.4, -0.2) is 44.0 Å². The summed E-state index contributed by atoms with van der Waals surface area (Å²) in [4.78, 5) is 14.6. The van der Waals surface area contributed by atoms with Crippen molar-refractivity contribution < 1.29 is 17.9 Å². The number of hydrogen-bond acceptors (Lipinski definition) is 5. The van der Waals surface area contributed by atoms with Gasteiger partial charge in [-0.2, -0.15) is 0 Å². The van der Waals surface area contributed by atoms with Gasteiger partial charge in [-0.15, -0.1) is 0 Å². The van der Waals surface area contributed by atoms with E-state index >= 15 is 0 Å². The van der Waals surface area contributed by atoms with Gasteiger partial charge in [0.15, 0.2) is 15.6 Å². The van der Waals surface area contributed by atoms with Crippen molar-refractivity contribution in [3.8, 4) is 11.5 Å². The molecule has 5 nitrogen and oxygen atoms in total. The molecular formula is C20H23NO4S. The van der Waals surface area contributed by atoms with Crippen molar-refractivity contribution in [3.63, 3.8) is 0 Å². The molecule has 0 unspecified atom stereocenters. The smallest absolute Gasteiger partial charge is 0.191 e. The van der Waals surface area contributed by atoms with Crippen LogP contribution in [-0.2, 0) is 14.6 Å². The minimum Gasteiger partial charge on any atom is -0.457 e. The molecule has 0 aliphatic carbocycles. The van der Waals surface area contributed by atoms with Crippen LogP contribution in [0.4, 0.5) is 0 Å². The lowest BCUT2D eigenvalue weighted by molar-refractivity contribution is -0.120. The van der Waals surface area contributed by atoms with Crippen LogP contribution >= 0.6 is 0 Å². The highest BCUT2D eigenvalue weighted by Crippen LogP contribution is 2.37. The Morgan fingerprint density at radius 1 is 1.00 bits per heavy atom. The van der Waals surface area contributed by atoms with Crippen LogP contribution in [0.15, 0.2) is 59.5 Å². The molecule has 0 bridgehead atoms. The van der Waals surface area contributed by atoms with E-state index in [2.05, 4.69) is 0 Å². The second kappa shape index (κ2) is 7.21. The number of nitrogens with zero attached hydrogens (tertiary/aromatic N) is 1. The molecule has 0 atom stereocenters. The number of rotatable bonds is 5. The van der Waals surface area contributed by atoms with Crippen LogP contribution in [0, 0.1) is 0 Å². The Morgan fingerprint density at radius 2 is 1.62 bits per heavy atom. The van der Waals surface area contributed by atoms with Crippen LogP contribution in [0.5, 0.6) is 11.5 Å². The van der Waals surface area contributed by atoms with E-state index in [1.807, 2.05) is 30.1 Å². The summed E-state index contributed by atoms with van der Waals surface area (Å²) in [6, 6.07) is 15.6. The Hall–Kier alpha value is -2.18. The number of likely N-dealkylation sites (tertiary alicyclic amines) is 1. The molecule has 1 aliphatic rings. The van der Waals surface area contributed by atoms with Gasteiger partial charge in [-0.05, 0) is 70.2 Å². The fourth-order valence-corrected chi connectivity index (χ4v) is 5.42. The summed E-state index contributed by atoms with van der Waals surface area (Å²) in [5.74, 6) is 0.770. The molecule has 1 aliphatic heterocycles. The lowest BCUT2D eigenvalue weighted by Crippen LogP contribution is -2.52. The van der Waals surface area contributed by atoms with Gasteiger partial charge in [0, 0.05) is 0 Å². The maximum Gasteiger partial charge on any atom is 0.191 e. The molecule has 1 fully saturated rings. The van der Waals surface area contributed by atoms with E-state index < -0.39 is 14.6 Å². The van der Waals surface area contributed by atoms with Crippen LogP contribution < -0.4 is 4.74 Å². The second-order valence-electron chi connectivity index (χ2n) is 6.75. The van der Waals surface area contributed by atoms with Crippen LogP contribution in [0.25, 0.3) is 0 Å². The molecule has 0 N–H and O–H groups in total. The van der Waals surface area contributed by atoms with Crippen molar-refractivity contribution in [2.24, 2.45) is 0 Å². The van der Waals surface area contributed by atoms with E-state index in [0.717, 1.165) is 0 Å². The van der Waals surface area contributed by atoms with E-state index in [0.29, 0.717) is 37.4 Å². The van der Waals surface area contributed by atoms with Crippen LogP contribution in [0.3, 0.4) is 0 Å². The number of Topliss-reactive ketones (excluding diaryl/α,β-unsaturated/α-hetero) is 1. The van der Waals surface area contributed by atoms with Crippen LogP contribution in [0.2, 0.25) is 0 Å². The molecule has 0 aromatic heterocycles. The van der Waals surface area contributed by atoms with Gasteiger partial charge in [-0.25, -0.2) is 8.42 Å². The normalized spacial score (nSPS) is 17.6. The molecule has 0 saturated carbocycles. The number of hydrogen-bond donors (Lipinski definition) is 0. The van der Waals surface area contributed by atoms with E-state index in [1.54, 1.807) is 24.3 Å². The Kier molecular flexibility index (Phi) is 5.16. The number of sulfone groups is 1. The third kappa shape index (κ3) is 3.39. The Morgan fingerprint density at radius 3 is 2.23 bits per heavy atom. The minimum atomic E-state index is -3.82. The molecule has 2 aromatic rings. The molecule has 6 heteroatoms. The maximum atomic E-state index is 13.4. The molecule has 0 spiro atoms. The molecular weight excluding hydrogens is 350 g/mol. The number of benzene rings is 2. The predicted octanol–water partition coefficient (Wildman–Crippen LogP) is 3.31. The fraction of sp³-hybridized carbons (Fsp3) is 0.350. The highest BCUT2D eigenvalue weighted by Gasteiger charge is 2.50. The molecule has 3 rings (SSSR count). The van der Waals surface area contributed by atoms with Crippen molar-refractivity contribution in [3.05, 3.63) is 54.6 Å². The number of piperidine rings is 1. The first-order chi connectivity index (χ1) is 12.3. The van der Waals surface area contributed by atoms with Crippen LogP contribution in [0.1, 0.15) is 19.8 Å². The molecule has 138 valence electrons. The second-order valence-corrected chi connectivity index (χ2v) is 9.01. The molecule has 1 saturated heterocycles. The topological polar surface area (TPSA) is 63.7 Å². The van der Waals surface area contributed by atoms with Gasteiger partial charge in [-0.1, -0.05) is 24.3 Å². The number of ketones is 1. The minimum absolute atomic E-state index is 0.130. The first-order valence-corrected chi connectivity index (χ1v) is 10.1. The van der Waals surface area contributed by atoms with Crippen molar-refractivity contribution in [1.82, 2.24) is 4.90 Å². The van der Waals surface area contributed by atoms with Gasteiger partial charge < -0.3 is 9.64 Å². The highest BCUT2D eigenvalue weighted by molar-refractivity contribution is 7.93. The summed E-state index contributed by atoms with van der Waals surface area (Å²) in [5, 5.41) is 0. The summed E-state index contributed by atoms with van der Waals surface area (Å²) in [6.07, 6.45) is 0.621. The third-order valence-electron chi connectivity index (χ3n) is 5.05. The van der Waals surface area contributed by atoms with Crippen molar-refractivity contribution in [1.29, 1.82) is 0 Å². The number of ether oxygens (including phenoxy) is 1. The predicted molar refractivity (Wildman–Crippen MR) is 100 cm³/mol. The number of para-hydroxylation sites is 1. The summed E-state index contributed by atoms with van der Waals surface area (Å²) in [5.41, 5.74) is 0. The molecule has 0 radical (unpaired) electrons. The quantitative estimate of drug-likeness (QED) is 0.805. The number of carbonyl (C=O) groups excluding carboxylic acids is 1. The van der Waals surface area contributed by atoms with Crippen molar-refractivity contribution in [2.75, 3.05) is 20.1 Å². The Bertz CT molecular complexity index is 885. The van der Waals surface area contributed by atoms with Gasteiger partial charge in [0.1, 0.15) is 16.2 Å². The first kappa shape index (κ1) is 18.6. The van der Waals surface area contributed by atoms with E-state index in [-0.39, 0.29) is 10.7 Å². The fourth-order valence-electron chi connectivity index (χ4n) is 3.34. The summed E-state index contributed by atoms with van der Waals surface area (Å²) in [7, 11) is -1.88. The zero-order valence-electron chi connectivity index (χ0n) is 15.0. The summed E-state index contributed by atoms with van der Waals surface area (Å²) < 4.78 is 31.1. The lowest BCUT2D eigenvalue weighted by atomic mass is 9.92. The summed E-state index contributed by atoms with van der Waals surface area (Å²) in [6.45, 7) is 2.55. The van der Waals surface area contributed by atoms with Crippen molar-refractivity contribution in [2.45, 2.75) is 29.4 Å². The first-order valence-electron chi connectivity index (χ1n) is 8.62. The Balaban J connectivity index is 1.96. The van der Waals surface area contributed by atoms with E-state index in [9.17, 15) is 13.2 Å². The van der Waals surface area contributed by atoms with Gasteiger partial charge in [0.2, 0.25) is 0 Å². The molecule has 0 amide bonds. The van der Waals surface area contributed by atoms with Gasteiger partial charge in [0.25, 0.3) is 0 Å². The molecule has 2 aromatic carbocycles. The SMILES string of the molecule is CC(=O)C1(S(=O)(=O)c2cccc(Oc3ccccc3)c2)CCN(C)CC1. The average molecular weight is 373 g/mol. The zero-order chi connectivity index (χ0) is 18.8. The standard InChI is InChI=1S/C20H23NO4S/c1-16(22)20(11-13-21(2)14-12-20)26(23,24)19-10-6-9-18(15-19)25-17-7-4-3-5-8-17/h3-10,15H,11-14H2,1-2H3. The van der Waals surface area contributed by atoms with E-state index in [1.165, 1.54) is 19.1 Å². The van der Waals surface area contributed by atoms with Gasteiger partial charge in [-0.3, -0.25) is 4.79 Å². The highest BCUT2D eigenvalue weighted by atomic mass is 32.2. The monoisotopic (exact) mass is 373 g/mol. The van der Waals surface area contributed by atoms with Crippen molar-refractivity contribution >= 4 is 15.6 Å². The lowest BCUT2D eigenvalue weighted by Gasteiger charge is -2.38. The molecule has 26 heavy (non-hydrogen) atoms. The van der Waals surface area contributed by atoms with Gasteiger partial charge in [0.05, 0.1) is 4.90 Å². The van der Waals surface area contributed by atoms with E-state index in [4.69, 9.17) is 4.74 Å². The largest absolute Gasteiger partial charge is 0.457 e. The molecule has 1 heterocycles. The zero-order valence-corrected chi connectivity index (χ0v) is 15.8. The summed E-state index contributed by atoms with van der Waals surface area (Å²) >= 11 is 0. The maximum absolute atomic E-state index is 13.4. The third-order valence-corrected chi connectivity index (χ3v) is 7.64.